The number of pyridine rings is 1. The van der Waals surface area contributed by atoms with Crippen LogP contribution in [-0.2, 0) is 6.42 Å². The second-order valence-corrected chi connectivity index (χ2v) is 7.15. The number of hydrogen-bond donors (Lipinski definition) is 2. The Bertz CT molecular complexity index is 1170. The highest BCUT2D eigenvalue weighted by Gasteiger charge is 2.12. The standard InChI is InChI=1S/C20H20ClN7O/c1-13-6-7-15(21)12-17(13)24-19-25-20-23-14(2)11-18(28(20)26-19)22-9-8-16-5-3-4-10-27(16)29/h3-7,10-12,22H,8-9H2,1-2H3,(H,24,26). The van der Waals surface area contributed by atoms with Gasteiger partial charge in [0.2, 0.25) is 5.95 Å². The third-order valence-electron chi connectivity index (χ3n) is 4.48. The van der Waals surface area contributed by atoms with E-state index < -0.39 is 0 Å². The molecule has 9 heteroatoms. The van der Waals surface area contributed by atoms with Crippen molar-refractivity contribution in [2.45, 2.75) is 20.3 Å². The first-order chi connectivity index (χ1) is 14.0. The Morgan fingerprint density at radius 2 is 2.00 bits per heavy atom. The number of halogens is 1. The lowest BCUT2D eigenvalue weighted by molar-refractivity contribution is -0.613. The van der Waals surface area contributed by atoms with Gasteiger partial charge in [0.1, 0.15) is 5.82 Å². The van der Waals surface area contributed by atoms with Crippen LogP contribution in [0.3, 0.4) is 0 Å². The Hall–Kier alpha value is -3.39. The van der Waals surface area contributed by atoms with E-state index >= 15 is 0 Å². The number of aromatic nitrogens is 5. The highest BCUT2D eigenvalue weighted by Crippen LogP contribution is 2.23. The van der Waals surface area contributed by atoms with E-state index in [-0.39, 0.29) is 0 Å². The van der Waals surface area contributed by atoms with E-state index in [4.69, 9.17) is 11.6 Å². The first kappa shape index (κ1) is 18.9. The molecule has 1 aromatic carbocycles. The Labute approximate surface area is 172 Å². The van der Waals surface area contributed by atoms with E-state index in [2.05, 4.69) is 25.7 Å². The molecule has 0 fully saturated rings. The molecule has 148 valence electrons. The van der Waals surface area contributed by atoms with Crippen LogP contribution in [0.1, 0.15) is 17.0 Å². The molecule has 8 nitrogen and oxygen atoms in total. The van der Waals surface area contributed by atoms with Gasteiger partial charge in [0.05, 0.1) is 6.42 Å². The van der Waals surface area contributed by atoms with Gasteiger partial charge < -0.3 is 15.8 Å². The molecule has 0 spiro atoms. The Morgan fingerprint density at radius 1 is 1.14 bits per heavy atom. The van der Waals surface area contributed by atoms with Gasteiger partial charge in [-0.1, -0.05) is 23.7 Å². The van der Waals surface area contributed by atoms with Crippen LogP contribution >= 0.6 is 11.6 Å². The average Bonchev–Trinajstić information content (AvgIpc) is 3.08. The number of nitrogens with one attached hydrogen (secondary N) is 2. The fraction of sp³-hybridized carbons (Fsp3) is 0.200. The van der Waals surface area contributed by atoms with E-state index in [0.717, 1.165) is 27.5 Å². The summed E-state index contributed by atoms with van der Waals surface area (Å²) in [5.41, 5.74) is 3.38. The summed E-state index contributed by atoms with van der Waals surface area (Å²) in [4.78, 5) is 8.92. The van der Waals surface area contributed by atoms with E-state index in [9.17, 15) is 5.21 Å². The predicted molar refractivity (Wildman–Crippen MR) is 113 cm³/mol. The summed E-state index contributed by atoms with van der Waals surface area (Å²) in [6.07, 6.45) is 2.08. The van der Waals surface area contributed by atoms with Crippen LogP contribution in [0.2, 0.25) is 5.02 Å². The van der Waals surface area contributed by atoms with Crippen LogP contribution in [0.4, 0.5) is 17.5 Å². The third-order valence-corrected chi connectivity index (χ3v) is 4.71. The molecule has 0 aliphatic rings. The Kier molecular flexibility index (Phi) is 5.18. The molecule has 0 unspecified atom stereocenters. The zero-order valence-corrected chi connectivity index (χ0v) is 16.8. The van der Waals surface area contributed by atoms with Crippen molar-refractivity contribution in [3.8, 4) is 0 Å². The number of nitrogens with zero attached hydrogens (tertiary/aromatic N) is 5. The monoisotopic (exact) mass is 409 g/mol. The molecule has 0 amide bonds. The summed E-state index contributed by atoms with van der Waals surface area (Å²) >= 11 is 6.09. The second kappa shape index (κ2) is 7.92. The normalized spacial score (nSPS) is 11.0. The van der Waals surface area contributed by atoms with Gasteiger partial charge in [0.15, 0.2) is 11.9 Å². The second-order valence-electron chi connectivity index (χ2n) is 6.71. The number of anilines is 3. The van der Waals surface area contributed by atoms with Gasteiger partial charge in [-0.05, 0) is 31.5 Å². The van der Waals surface area contributed by atoms with Crippen LogP contribution in [0.5, 0.6) is 0 Å². The largest absolute Gasteiger partial charge is 0.619 e. The number of fused-ring (bicyclic) bond motifs is 1. The van der Waals surface area contributed by atoms with Crippen molar-refractivity contribution < 1.29 is 4.73 Å². The van der Waals surface area contributed by atoms with E-state index in [1.807, 2.05) is 50.2 Å². The quantitative estimate of drug-likeness (QED) is 0.374. The van der Waals surface area contributed by atoms with Gasteiger partial charge in [-0.25, -0.2) is 4.98 Å². The highest BCUT2D eigenvalue weighted by molar-refractivity contribution is 6.30. The lowest BCUT2D eigenvalue weighted by Crippen LogP contribution is -2.32. The maximum absolute atomic E-state index is 11.8. The summed E-state index contributed by atoms with van der Waals surface area (Å²) in [6.45, 7) is 4.45. The fourth-order valence-electron chi connectivity index (χ4n) is 2.99. The van der Waals surface area contributed by atoms with Crippen LogP contribution in [-0.4, -0.2) is 26.1 Å². The molecule has 4 rings (SSSR count). The molecular weight excluding hydrogens is 390 g/mol. The molecule has 0 radical (unpaired) electrons. The summed E-state index contributed by atoms with van der Waals surface area (Å²) in [5, 5.41) is 23.5. The summed E-state index contributed by atoms with van der Waals surface area (Å²) in [7, 11) is 0. The Balaban J connectivity index is 1.56. The van der Waals surface area contributed by atoms with Gasteiger partial charge in [-0.15, -0.1) is 5.10 Å². The van der Waals surface area contributed by atoms with Crippen molar-refractivity contribution in [3.63, 3.8) is 0 Å². The highest BCUT2D eigenvalue weighted by atomic mass is 35.5. The van der Waals surface area contributed by atoms with Gasteiger partial charge >= 0.3 is 0 Å². The average molecular weight is 410 g/mol. The Morgan fingerprint density at radius 3 is 2.83 bits per heavy atom. The van der Waals surface area contributed by atoms with Crippen molar-refractivity contribution in [1.82, 2.24) is 19.6 Å². The zero-order valence-electron chi connectivity index (χ0n) is 16.1. The summed E-state index contributed by atoms with van der Waals surface area (Å²) in [5.74, 6) is 1.66. The van der Waals surface area contributed by atoms with Gasteiger partial charge in [0, 0.05) is 41.1 Å². The fourth-order valence-corrected chi connectivity index (χ4v) is 3.16. The first-order valence-corrected chi connectivity index (χ1v) is 9.56. The predicted octanol–water partition coefficient (Wildman–Crippen LogP) is 3.43. The molecule has 3 aromatic heterocycles. The molecule has 0 aliphatic carbocycles. The van der Waals surface area contributed by atoms with Crippen LogP contribution in [0.15, 0.2) is 48.7 Å². The smallest absolute Gasteiger partial charge is 0.256 e. The van der Waals surface area contributed by atoms with Gasteiger partial charge in [-0.3, -0.25) is 0 Å². The zero-order chi connectivity index (χ0) is 20.4. The maximum atomic E-state index is 11.8. The molecule has 29 heavy (non-hydrogen) atoms. The molecular formula is C20H20ClN7O. The first-order valence-electron chi connectivity index (χ1n) is 9.18. The van der Waals surface area contributed by atoms with E-state index in [1.165, 1.54) is 6.20 Å². The molecule has 0 bridgehead atoms. The van der Waals surface area contributed by atoms with E-state index in [0.29, 0.717) is 35.4 Å². The van der Waals surface area contributed by atoms with Crippen LogP contribution in [0.25, 0.3) is 5.78 Å². The van der Waals surface area contributed by atoms with Crippen LogP contribution in [0, 0.1) is 19.1 Å². The van der Waals surface area contributed by atoms with Crippen molar-refractivity contribution in [2.24, 2.45) is 0 Å². The van der Waals surface area contributed by atoms with Crippen molar-refractivity contribution in [1.29, 1.82) is 0 Å². The van der Waals surface area contributed by atoms with Gasteiger partial charge in [0.25, 0.3) is 5.78 Å². The molecule has 0 aliphatic heterocycles. The molecule has 4 aromatic rings. The molecule has 3 heterocycles. The lowest BCUT2D eigenvalue weighted by atomic mass is 10.2. The topological polar surface area (TPSA) is 94.1 Å². The number of aryl methyl sites for hydroxylation is 2. The number of hydrogen-bond acceptors (Lipinski definition) is 6. The molecule has 0 saturated heterocycles. The van der Waals surface area contributed by atoms with Crippen molar-refractivity contribution in [2.75, 3.05) is 17.2 Å². The molecule has 0 saturated carbocycles. The molecule has 0 atom stereocenters. The maximum Gasteiger partial charge on any atom is 0.256 e. The number of benzene rings is 1. The third kappa shape index (κ3) is 4.22. The van der Waals surface area contributed by atoms with Crippen molar-refractivity contribution in [3.05, 3.63) is 75.8 Å². The minimum Gasteiger partial charge on any atom is -0.619 e. The van der Waals surface area contributed by atoms with Gasteiger partial charge in [-0.2, -0.15) is 14.2 Å². The lowest BCUT2D eigenvalue weighted by Gasteiger charge is -2.09. The van der Waals surface area contributed by atoms with E-state index in [1.54, 1.807) is 10.6 Å². The minimum absolute atomic E-state index is 0.428. The summed E-state index contributed by atoms with van der Waals surface area (Å²) < 4.78 is 2.52. The van der Waals surface area contributed by atoms with Crippen molar-refractivity contribution >= 4 is 34.8 Å². The SMILES string of the molecule is Cc1cc(NCCc2cccc[n+]2[O-])n2nc(Nc3cc(Cl)ccc3C)nc2n1. The molecule has 2 N–H and O–H groups in total. The summed E-state index contributed by atoms with van der Waals surface area (Å²) in [6, 6.07) is 12.9. The van der Waals surface area contributed by atoms with Crippen LogP contribution < -0.4 is 15.4 Å². The number of rotatable bonds is 6. The minimum atomic E-state index is 0.428.